The van der Waals surface area contributed by atoms with Crippen LogP contribution in [0.25, 0.3) is 0 Å². The van der Waals surface area contributed by atoms with Crippen molar-refractivity contribution in [1.29, 1.82) is 0 Å². The summed E-state index contributed by atoms with van der Waals surface area (Å²) in [5.74, 6) is -0.675. The number of likely N-dealkylation sites (N-methyl/N-ethyl adjacent to an activating group) is 1. The number of carboxylic acids is 1. The number of nitrogens with one attached hydrogen (secondary N) is 2. The molecule has 0 atom stereocenters. The second kappa shape index (κ2) is 7.32. The van der Waals surface area contributed by atoms with Crippen LogP contribution in [0.5, 0.6) is 0 Å². The summed E-state index contributed by atoms with van der Waals surface area (Å²) in [4.78, 5) is 35.3. The Kier molecular flexibility index (Phi) is 5.77. The third kappa shape index (κ3) is 4.83. The molecule has 0 radical (unpaired) electrons. The lowest BCUT2D eigenvalue weighted by Crippen LogP contribution is -2.42. The van der Waals surface area contributed by atoms with E-state index in [2.05, 4.69) is 10.6 Å². The number of aryl methyl sites for hydroxylation is 1. The lowest BCUT2D eigenvalue weighted by molar-refractivity contribution is -0.128. The van der Waals surface area contributed by atoms with Gasteiger partial charge in [-0.1, -0.05) is 0 Å². The van der Waals surface area contributed by atoms with Gasteiger partial charge in [-0.15, -0.1) is 0 Å². The Labute approximate surface area is 122 Å². The summed E-state index contributed by atoms with van der Waals surface area (Å²) in [5, 5.41) is 13.8. The molecule has 0 spiro atoms. The molecule has 0 aromatic carbocycles. The van der Waals surface area contributed by atoms with Gasteiger partial charge < -0.3 is 25.1 Å². The quantitative estimate of drug-likeness (QED) is 0.710. The van der Waals surface area contributed by atoms with Crippen LogP contribution in [0, 0.1) is 6.92 Å². The highest BCUT2D eigenvalue weighted by molar-refractivity contribution is 5.88. The van der Waals surface area contributed by atoms with Crippen LogP contribution in [0.1, 0.15) is 28.8 Å². The van der Waals surface area contributed by atoms with Crippen LogP contribution >= 0.6 is 0 Å². The fourth-order valence-corrected chi connectivity index (χ4v) is 1.54. The number of urea groups is 1. The van der Waals surface area contributed by atoms with Crippen molar-refractivity contribution in [2.24, 2.45) is 0 Å². The average Bonchev–Trinajstić information content (AvgIpc) is 2.82. The zero-order chi connectivity index (χ0) is 16.0. The van der Waals surface area contributed by atoms with Crippen molar-refractivity contribution in [1.82, 2.24) is 15.5 Å². The number of hydrogen-bond acceptors (Lipinski definition) is 4. The maximum Gasteiger partial charge on any atom is 0.339 e. The van der Waals surface area contributed by atoms with Gasteiger partial charge in [0.2, 0.25) is 5.91 Å². The molecule has 116 valence electrons. The molecule has 3 N–H and O–H groups in total. The molecule has 0 saturated carbocycles. The molecule has 21 heavy (non-hydrogen) atoms. The van der Waals surface area contributed by atoms with Crippen molar-refractivity contribution in [3.8, 4) is 0 Å². The monoisotopic (exact) mass is 297 g/mol. The first kappa shape index (κ1) is 16.5. The molecule has 8 nitrogen and oxygen atoms in total. The molecular formula is C13H19N3O5. The first-order valence-corrected chi connectivity index (χ1v) is 6.43. The second-order valence-corrected chi connectivity index (χ2v) is 4.43. The van der Waals surface area contributed by atoms with Crippen LogP contribution in [-0.4, -0.2) is 48.1 Å². The van der Waals surface area contributed by atoms with Crippen molar-refractivity contribution in [2.45, 2.75) is 20.4 Å². The number of rotatable bonds is 6. The Balaban J connectivity index is 2.41. The number of furan rings is 1. The Morgan fingerprint density at radius 3 is 2.52 bits per heavy atom. The molecule has 0 unspecified atom stereocenters. The summed E-state index contributed by atoms with van der Waals surface area (Å²) < 4.78 is 5.21. The molecule has 0 fully saturated rings. The minimum atomic E-state index is -1.08. The molecule has 0 aliphatic heterocycles. The van der Waals surface area contributed by atoms with E-state index in [0.29, 0.717) is 12.3 Å². The largest absolute Gasteiger partial charge is 0.478 e. The first-order chi connectivity index (χ1) is 9.85. The smallest absolute Gasteiger partial charge is 0.339 e. The van der Waals surface area contributed by atoms with E-state index < -0.39 is 12.0 Å². The third-order valence-corrected chi connectivity index (χ3v) is 2.92. The van der Waals surface area contributed by atoms with Gasteiger partial charge in [-0.2, -0.15) is 0 Å². The number of aromatic carboxylic acids is 1. The molecule has 1 heterocycles. The van der Waals surface area contributed by atoms with Gasteiger partial charge in [0.15, 0.2) is 0 Å². The summed E-state index contributed by atoms with van der Waals surface area (Å²) in [7, 11) is 1.64. The maximum atomic E-state index is 11.5. The Bertz CT molecular complexity index is 538. The summed E-state index contributed by atoms with van der Waals surface area (Å²) in [6.07, 6.45) is 0. The predicted molar refractivity (Wildman–Crippen MR) is 74.0 cm³/mol. The summed E-state index contributed by atoms with van der Waals surface area (Å²) in [6, 6.07) is 0.826. The van der Waals surface area contributed by atoms with Gasteiger partial charge in [0.05, 0.1) is 13.1 Å². The molecule has 8 heteroatoms. The molecule has 1 aromatic rings. The third-order valence-electron chi connectivity index (χ3n) is 2.92. The van der Waals surface area contributed by atoms with Crippen LogP contribution < -0.4 is 10.6 Å². The minimum Gasteiger partial charge on any atom is -0.478 e. The predicted octanol–water partition coefficient (Wildman–Crippen LogP) is 0.564. The molecular weight excluding hydrogens is 278 g/mol. The van der Waals surface area contributed by atoms with Gasteiger partial charge in [0.25, 0.3) is 0 Å². The number of carboxylic acid groups (broad SMARTS) is 1. The number of carbonyl (C=O) groups is 3. The van der Waals surface area contributed by atoms with Gasteiger partial charge in [-0.05, 0) is 19.9 Å². The molecule has 3 amide bonds. The number of carbonyl (C=O) groups excluding carboxylic acids is 2. The van der Waals surface area contributed by atoms with Gasteiger partial charge in [0.1, 0.15) is 17.1 Å². The fourth-order valence-electron chi connectivity index (χ4n) is 1.54. The molecule has 0 bridgehead atoms. The van der Waals surface area contributed by atoms with Crippen LogP contribution in [0.4, 0.5) is 4.79 Å². The lowest BCUT2D eigenvalue weighted by atomic mass is 10.2. The number of nitrogens with zero attached hydrogens (tertiary/aromatic N) is 1. The van der Waals surface area contributed by atoms with E-state index in [1.54, 1.807) is 7.05 Å². The summed E-state index contributed by atoms with van der Waals surface area (Å²) in [6.45, 7) is 3.86. The lowest BCUT2D eigenvalue weighted by Gasteiger charge is -2.14. The van der Waals surface area contributed by atoms with Crippen LogP contribution in [0.2, 0.25) is 0 Å². The van der Waals surface area contributed by atoms with Crippen molar-refractivity contribution >= 4 is 17.9 Å². The topological polar surface area (TPSA) is 112 Å². The van der Waals surface area contributed by atoms with Crippen LogP contribution in [0.15, 0.2) is 10.5 Å². The highest BCUT2D eigenvalue weighted by Gasteiger charge is 2.14. The van der Waals surface area contributed by atoms with Gasteiger partial charge in [-0.25, -0.2) is 9.59 Å². The maximum absolute atomic E-state index is 11.5. The average molecular weight is 297 g/mol. The van der Waals surface area contributed by atoms with Crippen molar-refractivity contribution in [3.05, 3.63) is 23.2 Å². The van der Waals surface area contributed by atoms with Gasteiger partial charge >= 0.3 is 12.0 Å². The minimum absolute atomic E-state index is 0.0394. The fraction of sp³-hybridized carbons (Fsp3) is 0.462. The molecule has 0 aliphatic rings. The molecule has 1 aromatic heterocycles. The van der Waals surface area contributed by atoms with E-state index in [0.717, 1.165) is 0 Å². The summed E-state index contributed by atoms with van der Waals surface area (Å²) in [5.41, 5.74) is 0.0620. The van der Waals surface area contributed by atoms with E-state index in [1.807, 2.05) is 6.92 Å². The van der Waals surface area contributed by atoms with E-state index >= 15 is 0 Å². The zero-order valence-corrected chi connectivity index (χ0v) is 12.2. The number of amides is 3. The van der Waals surface area contributed by atoms with Gasteiger partial charge in [-0.3, -0.25) is 4.79 Å². The normalized spacial score (nSPS) is 10.0. The number of hydrogen-bond donors (Lipinski definition) is 3. The SMILES string of the molecule is CCN(C)C(=O)CNC(=O)NCc1cc(C(=O)O)c(C)o1. The van der Waals surface area contributed by atoms with E-state index in [4.69, 9.17) is 9.52 Å². The molecule has 1 rings (SSSR count). The highest BCUT2D eigenvalue weighted by atomic mass is 16.4. The van der Waals surface area contributed by atoms with Crippen LogP contribution in [-0.2, 0) is 11.3 Å². The zero-order valence-electron chi connectivity index (χ0n) is 12.2. The Hall–Kier alpha value is -2.51. The standard InChI is InChI=1S/C13H19N3O5/c1-4-16(3)11(17)7-15-13(20)14-6-9-5-10(12(18)19)8(2)21-9/h5H,4,6-7H2,1-3H3,(H,18,19)(H2,14,15,20). The molecule has 0 aliphatic carbocycles. The Morgan fingerprint density at radius 2 is 2.00 bits per heavy atom. The van der Waals surface area contributed by atoms with Crippen molar-refractivity contribution < 1.29 is 23.9 Å². The van der Waals surface area contributed by atoms with Crippen molar-refractivity contribution in [3.63, 3.8) is 0 Å². The Morgan fingerprint density at radius 1 is 1.33 bits per heavy atom. The highest BCUT2D eigenvalue weighted by Crippen LogP contribution is 2.14. The second-order valence-electron chi connectivity index (χ2n) is 4.43. The van der Waals surface area contributed by atoms with Crippen LogP contribution in [0.3, 0.4) is 0 Å². The van der Waals surface area contributed by atoms with E-state index in [-0.39, 0.29) is 30.3 Å². The molecule has 0 saturated heterocycles. The van der Waals surface area contributed by atoms with Crippen molar-refractivity contribution in [2.75, 3.05) is 20.1 Å². The van der Waals surface area contributed by atoms with E-state index in [9.17, 15) is 14.4 Å². The first-order valence-electron chi connectivity index (χ1n) is 6.43. The van der Waals surface area contributed by atoms with Gasteiger partial charge in [0, 0.05) is 13.6 Å². The summed E-state index contributed by atoms with van der Waals surface area (Å²) >= 11 is 0. The van der Waals surface area contributed by atoms with E-state index in [1.165, 1.54) is 17.9 Å².